The molecule has 2 heterocycles. The van der Waals surface area contributed by atoms with Crippen molar-refractivity contribution in [2.75, 3.05) is 13.7 Å². The van der Waals surface area contributed by atoms with Gasteiger partial charge in [0.25, 0.3) is 0 Å². The van der Waals surface area contributed by atoms with Crippen molar-refractivity contribution < 1.29 is 28.5 Å². The SMILES string of the molecule is CO[C@H]1C(Sc2cnc(C#N)c(Br)c2)O[C@H](COC(C)=O)[C@H](OC(C)=O)[C@@H]1N=[N+]=[N-]. The van der Waals surface area contributed by atoms with Gasteiger partial charge in [-0.2, -0.15) is 5.26 Å². The number of methoxy groups -OCH3 is 1. The second-order valence-corrected chi connectivity index (χ2v) is 8.07. The first-order chi connectivity index (χ1) is 14.3. The monoisotopic (exact) mass is 499 g/mol. The zero-order valence-electron chi connectivity index (χ0n) is 16.2. The number of carbonyl (C=O) groups is 2. The van der Waals surface area contributed by atoms with Crippen LogP contribution < -0.4 is 0 Å². The molecule has 0 amide bonds. The third-order valence-corrected chi connectivity index (χ3v) is 5.71. The smallest absolute Gasteiger partial charge is 0.303 e. The number of hydrogen-bond donors (Lipinski definition) is 0. The zero-order valence-corrected chi connectivity index (χ0v) is 18.6. The van der Waals surface area contributed by atoms with Crippen molar-refractivity contribution in [1.82, 2.24) is 4.98 Å². The van der Waals surface area contributed by atoms with Crippen molar-refractivity contribution in [3.05, 3.63) is 32.9 Å². The summed E-state index contributed by atoms with van der Waals surface area (Å²) < 4.78 is 22.4. The molecule has 2 rings (SSSR count). The number of pyridine rings is 1. The Morgan fingerprint density at radius 3 is 2.70 bits per heavy atom. The molecule has 1 aromatic rings. The molecule has 1 fully saturated rings. The van der Waals surface area contributed by atoms with E-state index in [0.717, 1.165) is 0 Å². The van der Waals surface area contributed by atoms with Crippen LogP contribution in [0.2, 0.25) is 0 Å². The number of aromatic nitrogens is 1. The standard InChI is InChI=1S/C17H18BrN5O6S/c1-8(24)27-7-13-15(28-9(2)25)14(22-23-20)16(26-3)17(29-13)30-10-4-11(18)12(5-19)21-6-10/h4,6,13-17H,7H2,1-3H3/t13-,14+,15+,16-,17?/m1/s1. The molecule has 0 saturated carbocycles. The van der Waals surface area contributed by atoms with Crippen LogP contribution in [0.3, 0.4) is 0 Å². The predicted molar refractivity (Wildman–Crippen MR) is 107 cm³/mol. The first-order valence-corrected chi connectivity index (χ1v) is 10.2. The van der Waals surface area contributed by atoms with Crippen molar-refractivity contribution >= 4 is 39.6 Å². The third-order valence-electron chi connectivity index (χ3n) is 4.00. The van der Waals surface area contributed by atoms with Crippen LogP contribution in [0.1, 0.15) is 19.5 Å². The van der Waals surface area contributed by atoms with E-state index in [-0.39, 0.29) is 12.3 Å². The van der Waals surface area contributed by atoms with Gasteiger partial charge in [-0.25, -0.2) is 4.98 Å². The van der Waals surface area contributed by atoms with Gasteiger partial charge in [0.15, 0.2) is 5.69 Å². The fourth-order valence-corrected chi connectivity index (χ4v) is 4.56. The summed E-state index contributed by atoms with van der Waals surface area (Å²) in [4.78, 5) is 30.4. The molecule has 0 aromatic carbocycles. The molecule has 0 bridgehead atoms. The Labute approximate surface area is 184 Å². The van der Waals surface area contributed by atoms with E-state index in [9.17, 15) is 9.59 Å². The van der Waals surface area contributed by atoms with Crippen LogP contribution in [0.15, 0.2) is 26.7 Å². The molecule has 5 atom stereocenters. The molecule has 1 aliphatic heterocycles. The molecular weight excluding hydrogens is 482 g/mol. The van der Waals surface area contributed by atoms with E-state index in [1.165, 1.54) is 38.9 Å². The maximum atomic E-state index is 11.6. The van der Waals surface area contributed by atoms with Crippen molar-refractivity contribution in [3.8, 4) is 6.07 Å². The number of nitriles is 1. The van der Waals surface area contributed by atoms with Crippen LogP contribution in [-0.2, 0) is 28.5 Å². The molecule has 1 aliphatic rings. The van der Waals surface area contributed by atoms with Gasteiger partial charge in [0.2, 0.25) is 0 Å². The molecule has 0 aliphatic carbocycles. The van der Waals surface area contributed by atoms with Crippen LogP contribution >= 0.6 is 27.7 Å². The van der Waals surface area contributed by atoms with Gasteiger partial charge in [-0.05, 0) is 27.5 Å². The van der Waals surface area contributed by atoms with Gasteiger partial charge < -0.3 is 18.9 Å². The second-order valence-electron chi connectivity index (χ2n) is 6.05. The van der Waals surface area contributed by atoms with Gasteiger partial charge in [0.1, 0.15) is 42.5 Å². The average molecular weight is 500 g/mol. The maximum Gasteiger partial charge on any atom is 0.303 e. The zero-order chi connectivity index (χ0) is 22.3. The minimum absolute atomic E-state index is 0.215. The number of nitrogens with zero attached hydrogens (tertiary/aromatic N) is 5. The molecule has 1 aromatic heterocycles. The average Bonchev–Trinajstić information content (AvgIpc) is 2.68. The minimum Gasteiger partial charge on any atom is -0.463 e. The van der Waals surface area contributed by atoms with Crippen molar-refractivity contribution in [2.45, 2.75) is 48.5 Å². The summed E-state index contributed by atoms with van der Waals surface area (Å²) in [7, 11) is 1.41. The van der Waals surface area contributed by atoms with Gasteiger partial charge in [-0.15, -0.1) is 0 Å². The Kier molecular flexibility index (Phi) is 8.88. The van der Waals surface area contributed by atoms with E-state index in [2.05, 4.69) is 30.9 Å². The van der Waals surface area contributed by atoms with E-state index in [4.69, 9.17) is 29.7 Å². The molecule has 160 valence electrons. The summed E-state index contributed by atoms with van der Waals surface area (Å²) in [6.45, 7) is 2.23. The van der Waals surface area contributed by atoms with Gasteiger partial charge in [-0.3, -0.25) is 9.59 Å². The van der Waals surface area contributed by atoms with Crippen LogP contribution in [-0.4, -0.2) is 60.4 Å². The Morgan fingerprint density at radius 1 is 1.43 bits per heavy atom. The lowest BCUT2D eigenvalue weighted by atomic mass is 9.97. The highest BCUT2D eigenvalue weighted by molar-refractivity contribution is 9.10. The van der Waals surface area contributed by atoms with Gasteiger partial charge in [0.05, 0.1) is 4.47 Å². The molecule has 0 radical (unpaired) electrons. The fourth-order valence-electron chi connectivity index (χ4n) is 2.80. The van der Waals surface area contributed by atoms with Gasteiger partial charge >= 0.3 is 11.9 Å². The quantitative estimate of drug-likeness (QED) is 0.238. The van der Waals surface area contributed by atoms with Crippen LogP contribution in [0.4, 0.5) is 0 Å². The number of esters is 2. The molecule has 11 nitrogen and oxygen atoms in total. The molecule has 1 saturated heterocycles. The van der Waals surface area contributed by atoms with E-state index in [1.807, 2.05) is 6.07 Å². The summed E-state index contributed by atoms with van der Waals surface area (Å²) in [5.74, 6) is -1.16. The van der Waals surface area contributed by atoms with Crippen molar-refractivity contribution in [2.24, 2.45) is 5.11 Å². The first-order valence-electron chi connectivity index (χ1n) is 8.56. The normalized spacial score (nSPS) is 25.5. The first kappa shape index (κ1) is 23.9. The van der Waals surface area contributed by atoms with E-state index in [0.29, 0.717) is 9.37 Å². The Hall–Kier alpha value is -2.36. The van der Waals surface area contributed by atoms with Gasteiger partial charge in [-0.1, -0.05) is 16.9 Å². The Bertz CT molecular complexity index is 890. The highest BCUT2D eigenvalue weighted by Gasteiger charge is 2.48. The summed E-state index contributed by atoms with van der Waals surface area (Å²) in [5, 5.41) is 12.8. The van der Waals surface area contributed by atoms with E-state index >= 15 is 0 Å². The number of rotatable bonds is 7. The number of azide groups is 1. The summed E-state index contributed by atoms with van der Waals surface area (Å²) in [5.41, 5.74) is 8.54. The number of thioether (sulfide) groups is 1. The van der Waals surface area contributed by atoms with Crippen molar-refractivity contribution in [3.63, 3.8) is 0 Å². The number of carbonyl (C=O) groups excluding carboxylic acids is 2. The fraction of sp³-hybridized carbons (Fsp3) is 0.529. The largest absolute Gasteiger partial charge is 0.463 e. The highest BCUT2D eigenvalue weighted by atomic mass is 79.9. The molecule has 1 unspecified atom stereocenters. The topological polar surface area (TPSA) is 157 Å². The number of ether oxygens (including phenoxy) is 4. The third kappa shape index (κ3) is 6.07. The maximum absolute atomic E-state index is 11.6. The molecule has 0 spiro atoms. The lowest BCUT2D eigenvalue weighted by Crippen LogP contribution is -2.59. The summed E-state index contributed by atoms with van der Waals surface area (Å²) >= 11 is 4.48. The van der Waals surface area contributed by atoms with Crippen molar-refractivity contribution in [1.29, 1.82) is 5.26 Å². The molecular formula is C17H18BrN5O6S. The van der Waals surface area contributed by atoms with E-state index < -0.39 is 41.7 Å². The second kappa shape index (κ2) is 11.1. The lowest BCUT2D eigenvalue weighted by molar-refractivity contribution is -0.196. The lowest BCUT2D eigenvalue weighted by Gasteiger charge is -2.43. The minimum atomic E-state index is -1.02. The Morgan fingerprint density at radius 2 is 2.17 bits per heavy atom. The van der Waals surface area contributed by atoms with Crippen LogP contribution in [0.5, 0.6) is 0 Å². The predicted octanol–water partition coefficient (Wildman–Crippen LogP) is 2.72. The summed E-state index contributed by atoms with van der Waals surface area (Å²) in [6.07, 6.45) is -1.22. The summed E-state index contributed by atoms with van der Waals surface area (Å²) in [6, 6.07) is 2.70. The van der Waals surface area contributed by atoms with Crippen LogP contribution in [0.25, 0.3) is 10.4 Å². The highest BCUT2D eigenvalue weighted by Crippen LogP contribution is 2.37. The van der Waals surface area contributed by atoms with Crippen LogP contribution in [0, 0.1) is 11.3 Å². The molecule has 0 N–H and O–H groups in total. The van der Waals surface area contributed by atoms with E-state index in [1.54, 1.807) is 6.07 Å². The molecule has 30 heavy (non-hydrogen) atoms. The number of halogens is 1. The number of hydrogen-bond acceptors (Lipinski definition) is 10. The Balaban J connectivity index is 2.37. The van der Waals surface area contributed by atoms with Gasteiger partial charge in [0, 0.05) is 37.0 Å². The molecule has 13 heteroatoms.